The third kappa shape index (κ3) is 5.49. The zero-order valence-corrected chi connectivity index (χ0v) is 14.1. The van der Waals surface area contributed by atoms with Gasteiger partial charge < -0.3 is 10.6 Å². The topological polar surface area (TPSA) is 54.0 Å². The Hall–Kier alpha value is -1.10. The lowest BCUT2D eigenvalue weighted by Crippen LogP contribution is -2.33. The quantitative estimate of drug-likeness (QED) is 0.751. The average Bonchev–Trinajstić information content (AvgIpc) is 2.43. The van der Waals surface area contributed by atoms with Gasteiger partial charge in [0.1, 0.15) is 5.82 Å². The molecule has 0 saturated heterocycles. The molecule has 0 spiro atoms. The average molecular weight is 342 g/mol. The number of carbonyl (C=O) groups is 1. The van der Waals surface area contributed by atoms with Gasteiger partial charge in [-0.15, -0.1) is 0 Å². The molecule has 1 unspecified atom stereocenters. The molecule has 0 fully saturated rings. The first-order chi connectivity index (χ1) is 9.58. The first-order valence-corrected chi connectivity index (χ1v) is 8.08. The van der Waals surface area contributed by atoms with Gasteiger partial charge in [0.25, 0.3) is 5.91 Å². The maximum Gasteiger partial charge on any atom is 0.255 e. The van der Waals surface area contributed by atoms with E-state index in [0.29, 0.717) is 11.4 Å². The Kier molecular flexibility index (Phi) is 7.59. The summed E-state index contributed by atoms with van der Waals surface area (Å²) in [5, 5.41) is 6.23. The van der Waals surface area contributed by atoms with Crippen LogP contribution < -0.4 is 10.6 Å². The second-order valence-corrected chi connectivity index (χ2v) is 5.91. The SMILES string of the molecule is CCCCC(C)NC(=O)c1cc(Br)cnc1NCCC. The minimum Gasteiger partial charge on any atom is -0.369 e. The molecule has 0 aromatic carbocycles. The molecule has 1 heterocycles. The van der Waals surface area contributed by atoms with Crippen molar-refractivity contribution in [3.8, 4) is 0 Å². The second kappa shape index (κ2) is 8.95. The van der Waals surface area contributed by atoms with Crippen LogP contribution in [0.15, 0.2) is 16.7 Å². The van der Waals surface area contributed by atoms with Crippen molar-refractivity contribution in [3.05, 3.63) is 22.3 Å². The monoisotopic (exact) mass is 341 g/mol. The Balaban J connectivity index is 2.76. The molecule has 1 atom stereocenters. The van der Waals surface area contributed by atoms with E-state index in [2.05, 4.69) is 45.4 Å². The van der Waals surface area contributed by atoms with Gasteiger partial charge in [0.2, 0.25) is 0 Å². The number of unbranched alkanes of at least 4 members (excludes halogenated alkanes) is 1. The highest BCUT2D eigenvalue weighted by Crippen LogP contribution is 2.18. The molecular formula is C15H24BrN3O. The van der Waals surface area contributed by atoms with E-state index in [0.717, 1.165) is 36.7 Å². The molecule has 1 amide bonds. The van der Waals surface area contributed by atoms with Crippen molar-refractivity contribution < 1.29 is 4.79 Å². The van der Waals surface area contributed by atoms with Gasteiger partial charge in [-0.3, -0.25) is 4.79 Å². The molecule has 0 aliphatic rings. The van der Waals surface area contributed by atoms with Crippen LogP contribution in [0.4, 0.5) is 5.82 Å². The number of carbonyl (C=O) groups excluding carboxylic acids is 1. The Labute approximate surface area is 129 Å². The fourth-order valence-electron chi connectivity index (χ4n) is 1.88. The highest BCUT2D eigenvalue weighted by atomic mass is 79.9. The third-order valence-electron chi connectivity index (χ3n) is 3.01. The number of anilines is 1. The van der Waals surface area contributed by atoms with Crippen LogP contribution in [0.3, 0.4) is 0 Å². The molecule has 0 saturated carbocycles. The van der Waals surface area contributed by atoms with Crippen molar-refractivity contribution in [2.75, 3.05) is 11.9 Å². The first-order valence-electron chi connectivity index (χ1n) is 7.28. The van der Waals surface area contributed by atoms with E-state index in [1.807, 2.05) is 13.0 Å². The van der Waals surface area contributed by atoms with Crippen molar-refractivity contribution >= 4 is 27.7 Å². The molecular weight excluding hydrogens is 318 g/mol. The summed E-state index contributed by atoms with van der Waals surface area (Å²) < 4.78 is 0.811. The fraction of sp³-hybridized carbons (Fsp3) is 0.600. The van der Waals surface area contributed by atoms with Crippen LogP contribution in [0.5, 0.6) is 0 Å². The minimum atomic E-state index is -0.0685. The highest BCUT2D eigenvalue weighted by molar-refractivity contribution is 9.10. The van der Waals surface area contributed by atoms with Gasteiger partial charge >= 0.3 is 0 Å². The summed E-state index contributed by atoms with van der Waals surface area (Å²) in [4.78, 5) is 16.6. The normalized spacial score (nSPS) is 12.0. The summed E-state index contributed by atoms with van der Waals surface area (Å²) >= 11 is 3.37. The molecule has 1 rings (SSSR count). The van der Waals surface area contributed by atoms with Crippen LogP contribution in [0.25, 0.3) is 0 Å². The molecule has 2 N–H and O–H groups in total. The van der Waals surface area contributed by atoms with Gasteiger partial charge in [0, 0.05) is 23.3 Å². The van der Waals surface area contributed by atoms with Gasteiger partial charge in [-0.05, 0) is 41.8 Å². The number of hydrogen-bond donors (Lipinski definition) is 2. The molecule has 0 aliphatic carbocycles. The molecule has 5 heteroatoms. The van der Waals surface area contributed by atoms with E-state index in [-0.39, 0.29) is 11.9 Å². The standard InChI is InChI=1S/C15H24BrN3O/c1-4-6-7-11(3)19-15(20)13-9-12(16)10-18-14(13)17-8-5-2/h9-11H,4-8H2,1-3H3,(H,17,18)(H,19,20). The Morgan fingerprint density at radius 1 is 1.40 bits per heavy atom. The van der Waals surface area contributed by atoms with E-state index < -0.39 is 0 Å². The highest BCUT2D eigenvalue weighted by Gasteiger charge is 2.15. The Morgan fingerprint density at radius 2 is 2.15 bits per heavy atom. The minimum absolute atomic E-state index is 0.0685. The largest absolute Gasteiger partial charge is 0.369 e. The zero-order valence-electron chi connectivity index (χ0n) is 12.5. The van der Waals surface area contributed by atoms with Crippen molar-refractivity contribution in [3.63, 3.8) is 0 Å². The van der Waals surface area contributed by atoms with E-state index >= 15 is 0 Å². The lowest BCUT2D eigenvalue weighted by molar-refractivity contribution is 0.0938. The zero-order chi connectivity index (χ0) is 15.0. The van der Waals surface area contributed by atoms with Crippen LogP contribution >= 0.6 is 15.9 Å². The van der Waals surface area contributed by atoms with Crippen molar-refractivity contribution in [2.45, 2.75) is 52.5 Å². The Bertz CT molecular complexity index is 437. The van der Waals surface area contributed by atoms with Gasteiger partial charge in [0.05, 0.1) is 5.56 Å². The van der Waals surface area contributed by atoms with Crippen molar-refractivity contribution in [1.29, 1.82) is 0 Å². The predicted octanol–water partition coefficient (Wildman–Crippen LogP) is 3.97. The number of hydrogen-bond acceptors (Lipinski definition) is 3. The lowest BCUT2D eigenvalue weighted by atomic mass is 10.1. The van der Waals surface area contributed by atoms with Crippen LogP contribution in [0.2, 0.25) is 0 Å². The number of nitrogens with one attached hydrogen (secondary N) is 2. The molecule has 1 aromatic heterocycles. The lowest BCUT2D eigenvalue weighted by Gasteiger charge is -2.15. The summed E-state index contributed by atoms with van der Waals surface area (Å²) in [6, 6.07) is 1.99. The van der Waals surface area contributed by atoms with E-state index in [4.69, 9.17) is 0 Å². The van der Waals surface area contributed by atoms with Crippen LogP contribution in [0, 0.1) is 0 Å². The van der Waals surface area contributed by atoms with E-state index in [9.17, 15) is 4.79 Å². The maximum absolute atomic E-state index is 12.3. The summed E-state index contributed by atoms with van der Waals surface area (Å²) in [7, 11) is 0. The molecule has 0 radical (unpaired) electrons. The molecule has 0 bridgehead atoms. The summed E-state index contributed by atoms with van der Waals surface area (Å²) in [6.07, 6.45) is 5.96. The van der Waals surface area contributed by atoms with Crippen molar-refractivity contribution in [1.82, 2.24) is 10.3 Å². The third-order valence-corrected chi connectivity index (χ3v) is 3.44. The summed E-state index contributed by atoms with van der Waals surface area (Å²) in [5.74, 6) is 0.580. The number of aromatic nitrogens is 1. The predicted molar refractivity (Wildman–Crippen MR) is 87.2 cm³/mol. The smallest absolute Gasteiger partial charge is 0.255 e. The van der Waals surface area contributed by atoms with Crippen LogP contribution in [-0.4, -0.2) is 23.5 Å². The Morgan fingerprint density at radius 3 is 2.80 bits per heavy atom. The molecule has 0 aliphatic heterocycles. The number of halogens is 1. The number of amides is 1. The van der Waals surface area contributed by atoms with Crippen molar-refractivity contribution in [2.24, 2.45) is 0 Å². The summed E-state index contributed by atoms with van der Waals surface area (Å²) in [6.45, 7) is 7.08. The van der Waals surface area contributed by atoms with Crippen LogP contribution in [-0.2, 0) is 0 Å². The van der Waals surface area contributed by atoms with Gasteiger partial charge in [-0.1, -0.05) is 26.7 Å². The van der Waals surface area contributed by atoms with Gasteiger partial charge in [0.15, 0.2) is 0 Å². The van der Waals surface area contributed by atoms with E-state index in [1.165, 1.54) is 0 Å². The molecule has 1 aromatic rings. The second-order valence-electron chi connectivity index (χ2n) is 4.99. The van der Waals surface area contributed by atoms with Crippen LogP contribution in [0.1, 0.15) is 56.8 Å². The number of rotatable bonds is 8. The summed E-state index contributed by atoms with van der Waals surface area (Å²) in [5.41, 5.74) is 0.594. The molecule has 112 valence electrons. The van der Waals surface area contributed by atoms with E-state index in [1.54, 1.807) is 6.20 Å². The van der Waals surface area contributed by atoms with Gasteiger partial charge in [-0.2, -0.15) is 0 Å². The fourth-order valence-corrected chi connectivity index (χ4v) is 2.21. The molecule has 20 heavy (non-hydrogen) atoms. The number of pyridine rings is 1. The van der Waals surface area contributed by atoms with Gasteiger partial charge in [-0.25, -0.2) is 4.98 Å². The maximum atomic E-state index is 12.3. The molecule has 4 nitrogen and oxygen atoms in total. The number of nitrogens with zero attached hydrogens (tertiary/aromatic N) is 1. The first kappa shape index (κ1) is 17.0.